The van der Waals surface area contributed by atoms with Crippen LogP contribution in [0.1, 0.15) is 33.4 Å². The minimum atomic E-state index is 1.30. The molecule has 0 bridgehead atoms. The van der Waals surface area contributed by atoms with Crippen LogP contribution in [-0.2, 0) is 0 Å². The zero-order valence-corrected chi connectivity index (χ0v) is 11.6. The van der Waals surface area contributed by atoms with Gasteiger partial charge in [-0.25, -0.2) is 0 Å². The van der Waals surface area contributed by atoms with Crippen molar-refractivity contribution < 1.29 is 0 Å². The van der Waals surface area contributed by atoms with Crippen LogP contribution >= 0.6 is 0 Å². The number of rotatable bonds is 2. The van der Waals surface area contributed by atoms with Crippen molar-refractivity contribution in [2.45, 2.75) is 27.7 Å². The van der Waals surface area contributed by atoms with Crippen molar-refractivity contribution in [3.63, 3.8) is 0 Å². The third-order valence-corrected chi connectivity index (χ3v) is 3.31. The first-order valence-corrected chi connectivity index (χ1v) is 6.39. The molecule has 0 heteroatoms. The Balaban J connectivity index is 2.35. The van der Waals surface area contributed by atoms with Gasteiger partial charge in [-0.1, -0.05) is 59.7 Å². The molecule has 0 radical (unpaired) electrons. The lowest BCUT2D eigenvalue weighted by atomic mass is 10.0. The van der Waals surface area contributed by atoms with Crippen molar-refractivity contribution in [2.24, 2.45) is 0 Å². The van der Waals surface area contributed by atoms with E-state index in [0.29, 0.717) is 0 Å². The van der Waals surface area contributed by atoms with Crippen LogP contribution in [0.25, 0.3) is 12.2 Å². The average molecular weight is 236 g/mol. The van der Waals surface area contributed by atoms with Crippen molar-refractivity contribution in [2.75, 3.05) is 0 Å². The second-order valence-electron chi connectivity index (χ2n) is 5.05. The third kappa shape index (κ3) is 2.89. The highest BCUT2D eigenvalue weighted by molar-refractivity contribution is 5.72. The Hall–Kier alpha value is -1.82. The summed E-state index contributed by atoms with van der Waals surface area (Å²) in [6, 6.07) is 13.1. The summed E-state index contributed by atoms with van der Waals surface area (Å²) in [6.45, 7) is 8.58. The quantitative estimate of drug-likeness (QED) is 0.637. The Morgan fingerprint density at radius 2 is 1.00 bits per heavy atom. The summed E-state index contributed by atoms with van der Waals surface area (Å²) in [5.41, 5.74) is 7.86. The molecular formula is C18H20. The van der Waals surface area contributed by atoms with Crippen LogP contribution in [0.4, 0.5) is 0 Å². The van der Waals surface area contributed by atoms with Gasteiger partial charge >= 0.3 is 0 Å². The molecule has 0 N–H and O–H groups in total. The molecule has 0 unspecified atom stereocenters. The molecule has 0 aliphatic rings. The Labute approximate surface area is 110 Å². The molecule has 0 spiro atoms. The predicted molar refractivity (Wildman–Crippen MR) is 80.8 cm³/mol. The Kier molecular flexibility index (Phi) is 3.66. The fourth-order valence-corrected chi connectivity index (χ4v) is 2.06. The van der Waals surface area contributed by atoms with E-state index in [1.807, 2.05) is 0 Å². The first-order valence-electron chi connectivity index (χ1n) is 6.39. The molecule has 0 aromatic heterocycles. The topological polar surface area (TPSA) is 0 Å². The van der Waals surface area contributed by atoms with E-state index in [9.17, 15) is 0 Å². The molecule has 2 rings (SSSR count). The number of hydrogen-bond acceptors (Lipinski definition) is 0. The van der Waals surface area contributed by atoms with Gasteiger partial charge in [-0.3, -0.25) is 0 Å². The van der Waals surface area contributed by atoms with Crippen LogP contribution in [0.5, 0.6) is 0 Å². The number of aryl methyl sites for hydroxylation is 4. The maximum absolute atomic E-state index is 2.23. The van der Waals surface area contributed by atoms with E-state index in [0.717, 1.165) is 0 Å². The van der Waals surface area contributed by atoms with Gasteiger partial charge in [0.2, 0.25) is 0 Å². The molecule has 0 fully saturated rings. The summed E-state index contributed by atoms with van der Waals surface area (Å²) >= 11 is 0. The predicted octanol–water partition coefficient (Wildman–Crippen LogP) is 5.09. The van der Waals surface area contributed by atoms with Gasteiger partial charge in [0, 0.05) is 0 Å². The smallest absolute Gasteiger partial charge is 0.0225 e. The van der Waals surface area contributed by atoms with Gasteiger partial charge in [-0.05, 0) is 49.9 Å². The number of benzene rings is 2. The standard InChI is InChI=1S/C18H20/c1-13-5-7-15(3)17(11-13)9-10-18-12-14(2)6-8-16(18)4/h5-12H,1-4H3/b10-9+. The lowest BCUT2D eigenvalue weighted by Gasteiger charge is -2.04. The molecule has 0 saturated heterocycles. The molecule has 0 nitrogen and oxygen atoms in total. The van der Waals surface area contributed by atoms with Gasteiger partial charge in [0.25, 0.3) is 0 Å². The molecule has 0 aliphatic carbocycles. The van der Waals surface area contributed by atoms with Crippen molar-refractivity contribution in [3.05, 3.63) is 69.8 Å². The normalized spacial score (nSPS) is 11.1. The lowest BCUT2D eigenvalue weighted by Crippen LogP contribution is -1.84. The summed E-state index contributed by atoms with van der Waals surface area (Å²) in [4.78, 5) is 0. The zero-order valence-electron chi connectivity index (χ0n) is 11.6. The summed E-state index contributed by atoms with van der Waals surface area (Å²) in [6.07, 6.45) is 4.42. The molecule has 2 aromatic rings. The van der Waals surface area contributed by atoms with E-state index in [1.165, 1.54) is 33.4 Å². The maximum Gasteiger partial charge on any atom is -0.0225 e. The molecule has 0 atom stereocenters. The summed E-state index contributed by atoms with van der Waals surface area (Å²) < 4.78 is 0. The van der Waals surface area contributed by atoms with Crippen LogP contribution in [0.15, 0.2) is 36.4 Å². The minimum absolute atomic E-state index is 1.30. The van der Waals surface area contributed by atoms with Crippen LogP contribution in [0.2, 0.25) is 0 Å². The van der Waals surface area contributed by atoms with Crippen molar-refractivity contribution in [3.8, 4) is 0 Å². The highest BCUT2D eigenvalue weighted by Gasteiger charge is 1.97. The monoisotopic (exact) mass is 236 g/mol. The largest absolute Gasteiger partial charge is 0.0590 e. The zero-order chi connectivity index (χ0) is 13.1. The summed E-state index contributed by atoms with van der Waals surface area (Å²) in [5.74, 6) is 0. The molecule has 18 heavy (non-hydrogen) atoms. The Morgan fingerprint density at radius 3 is 1.39 bits per heavy atom. The molecule has 0 aliphatic heterocycles. The molecule has 0 heterocycles. The average Bonchev–Trinajstić information content (AvgIpc) is 2.34. The fraction of sp³-hybridized carbons (Fsp3) is 0.222. The first kappa shape index (κ1) is 12.6. The fourth-order valence-electron chi connectivity index (χ4n) is 2.06. The molecule has 0 saturated carbocycles. The van der Waals surface area contributed by atoms with E-state index in [2.05, 4.69) is 76.2 Å². The molecular weight excluding hydrogens is 216 g/mol. The summed E-state index contributed by atoms with van der Waals surface area (Å²) in [7, 11) is 0. The van der Waals surface area contributed by atoms with Crippen LogP contribution in [-0.4, -0.2) is 0 Å². The van der Waals surface area contributed by atoms with Crippen molar-refractivity contribution in [1.82, 2.24) is 0 Å². The Morgan fingerprint density at radius 1 is 0.611 bits per heavy atom. The van der Waals surface area contributed by atoms with Gasteiger partial charge in [0.15, 0.2) is 0 Å². The summed E-state index contributed by atoms with van der Waals surface area (Å²) in [5, 5.41) is 0. The second kappa shape index (κ2) is 5.22. The highest BCUT2D eigenvalue weighted by atomic mass is 14.0. The maximum atomic E-state index is 2.23. The van der Waals surface area contributed by atoms with E-state index in [1.54, 1.807) is 0 Å². The minimum Gasteiger partial charge on any atom is -0.0590 e. The van der Waals surface area contributed by atoms with Crippen LogP contribution in [0, 0.1) is 27.7 Å². The Bertz CT molecular complexity index is 535. The van der Waals surface area contributed by atoms with Gasteiger partial charge in [-0.15, -0.1) is 0 Å². The SMILES string of the molecule is Cc1ccc(C)c(/C=C/c2cc(C)ccc2C)c1. The van der Waals surface area contributed by atoms with E-state index >= 15 is 0 Å². The van der Waals surface area contributed by atoms with Gasteiger partial charge < -0.3 is 0 Å². The van der Waals surface area contributed by atoms with E-state index < -0.39 is 0 Å². The third-order valence-electron chi connectivity index (χ3n) is 3.31. The number of hydrogen-bond donors (Lipinski definition) is 0. The molecule has 92 valence electrons. The van der Waals surface area contributed by atoms with Crippen molar-refractivity contribution >= 4 is 12.2 Å². The second-order valence-corrected chi connectivity index (χ2v) is 5.05. The van der Waals surface area contributed by atoms with Gasteiger partial charge in [0.1, 0.15) is 0 Å². The van der Waals surface area contributed by atoms with Gasteiger partial charge in [-0.2, -0.15) is 0 Å². The first-order chi connectivity index (χ1) is 8.56. The van der Waals surface area contributed by atoms with Crippen LogP contribution in [0.3, 0.4) is 0 Å². The van der Waals surface area contributed by atoms with Gasteiger partial charge in [0.05, 0.1) is 0 Å². The van der Waals surface area contributed by atoms with Crippen LogP contribution < -0.4 is 0 Å². The highest BCUT2D eigenvalue weighted by Crippen LogP contribution is 2.17. The van der Waals surface area contributed by atoms with E-state index in [-0.39, 0.29) is 0 Å². The molecule has 2 aromatic carbocycles. The molecule has 0 amide bonds. The van der Waals surface area contributed by atoms with Crippen molar-refractivity contribution in [1.29, 1.82) is 0 Å². The van der Waals surface area contributed by atoms with E-state index in [4.69, 9.17) is 0 Å². The lowest BCUT2D eigenvalue weighted by molar-refractivity contribution is 1.37.